The highest BCUT2D eigenvalue weighted by atomic mass is 16.3. The average Bonchev–Trinajstić information content (AvgIpc) is 2.34. The van der Waals surface area contributed by atoms with Crippen molar-refractivity contribution in [2.24, 2.45) is 11.1 Å². The van der Waals surface area contributed by atoms with Crippen LogP contribution in [-0.4, -0.2) is 29.0 Å². The number of phenols is 1. The normalized spacial score (nSPS) is 14.8. The molecule has 1 aromatic rings. The highest BCUT2D eigenvalue weighted by molar-refractivity contribution is 5.82. The summed E-state index contributed by atoms with van der Waals surface area (Å²) in [6.45, 7) is 7.69. The zero-order valence-electron chi connectivity index (χ0n) is 12.3. The molecule has 4 nitrogen and oxygen atoms in total. The van der Waals surface area contributed by atoms with Crippen LogP contribution in [0.5, 0.6) is 5.75 Å². The minimum atomic E-state index is -0.564. The largest absolute Gasteiger partial charge is 0.508 e. The van der Waals surface area contributed by atoms with Crippen molar-refractivity contribution in [3.8, 4) is 5.75 Å². The van der Waals surface area contributed by atoms with E-state index in [1.54, 1.807) is 24.1 Å². The van der Waals surface area contributed by atoms with E-state index < -0.39 is 6.04 Å². The van der Waals surface area contributed by atoms with Crippen LogP contribution in [0, 0.1) is 5.41 Å². The van der Waals surface area contributed by atoms with Crippen molar-refractivity contribution in [3.63, 3.8) is 0 Å². The van der Waals surface area contributed by atoms with Gasteiger partial charge in [0, 0.05) is 12.6 Å². The molecule has 0 aliphatic rings. The highest BCUT2D eigenvalue weighted by Gasteiger charge is 2.32. The predicted molar refractivity (Wildman–Crippen MR) is 76.7 cm³/mol. The van der Waals surface area contributed by atoms with E-state index in [1.165, 1.54) is 0 Å². The van der Waals surface area contributed by atoms with Crippen molar-refractivity contribution in [2.45, 2.75) is 39.8 Å². The molecule has 0 fully saturated rings. The van der Waals surface area contributed by atoms with E-state index in [1.807, 2.05) is 39.8 Å². The number of hydrogen-bond donors (Lipinski definition) is 2. The lowest BCUT2D eigenvalue weighted by atomic mass is 9.86. The van der Waals surface area contributed by atoms with Gasteiger partial charge >= 0.3 is 0 Å². The minimum absolute atomic E-state index is 0.122. The van der Waals surface area contributed by atoms with Gasteiger partial charge in [0.05, 0.1) is 12.1 Å². The first-order valence-electron chi connectivity index (χ1n) is 6.46. The Morgan fingerprint density at radius 2 is 1.84 bits per heavy atom. The number of aromatic hydroxyl groups is 1. The summed E-state index contributed by atoms with van der Waals surface area (Å²) in [5.41, 5.74) is 6.43. The van der Waals surface area contributed by atoms with E-state index in [-0.39, 0.29) is 23.1 Å². The monoisotopic (exact) mass is 264 g/mol. The Morgan fingerprint density at radius 3 is 2.32 bits per heavy atom. The number of rotatable bonds is 3. The van der Waals surface area contributed by atoms with Gasteiger partial charge in [-0.3, -0.25) is 4.79 Å². The van der Waals surface area contributed by atoms with Gasteiger partial charge in [0.25, 0.3) is 0 Å². The van der Waals surface area contributed by atoms with Crippen molar-refractivity contribution >= 4 is 5.91 Å². The molecule has 2 atom stereocenters. The standard InChI is InChI=1S/C15H24N2O2/c1-10(11-8-6-7-9-12(11)18)17(5)14(19)13(16)15(2,3)4/h6-10,13,18H,16H2,1-5H3/t10?,13-/m1/s1. The number of nitrogens with zero attached hydrogens (tertiary/aromatic N) is 1. The van der Waals surface area contributed by atoms with Crippen LogP contribution < -0.4 is 5.73 Å². The van der Waals surface area contributed by atoms with Crippen LogP contribution >= 0.6 is 0 Å². The Bertz CT molecular complexity index is 452. The number of carbonyl (C=O) groups is 1. The molecule has 0 saturated heterocycles. The van der Waals surface area contributed by atoms with Crippen LogP contribution in [0.2, 0.25) is 0 Å². The molecule has 0 aliphatic heterocycles. The average molecular weight is 264 g/mol. The van der Waals surface area contributed by atoms with E-state index in [0.717, 1.165) is 5.56 Å². The summed E-state index contributed by atoms with van der Waals surface area (Å²) >= 11 is 0. The molecule has 1 aromatic carbocycles. The molecular formula is C15H24N2O2. The number of amides is 1. The first-order valence-corrected chi connectivity index (χ1v) is 6.46. The van der Waals surface area contributed by atoms with Gasteiger partial charge in [0.15, 0.2) is 0 Å². The fourth-order valence-corrected chi connectivity index (χ4v) is 1.83. The summed E-state index contributed by atoms with van der Waals surface area (Å²) in [4.78, 5) is 13.9. The third kappa shape index (κ3) is 3.47. The van der Waals surface area contributed by atoms with Crippen LogP contribution in [-0.2, 0) is 4.79 Å². The molecule has 106 valence electrons. The van der Waals surface area contributed by atoms with Crippen molar-refractivity contribution < 1.29 is 9.90 Å². The van der Waals surface area contributed by atoms with Crippen molar-refractivity contribution in [2.75, 3.05) is 7.05 Å². The van der Waals surface area contributed by atoms with Gasteiger partial charge in [-0.2, -0.15) is 0 Å². The van der Waals surface area contributed by atoms with E-state index >= 15 is 0 Å². The number of phenolic OH excluding ortho intramolecular Hbond substituents is 1. The molecular weight excluding hydrogens is 240 g/mol. The third-order valence-corrected chi connectivity index (χ3v) is 3.51. The van der Waals surface area contributed by atoms with Gasteiger partial charge in [0.2, 0.25) is 5.91 Å². The van der Waals surface area contributed by atoms with Crippen LogP contribution in [0.4, 0.5) is 0 Å². The molecule has 4 heteroatoms. The van der Waals surface area contributed by atoms with Gasteiger partial charge in [-0.05, 0) is 18.4 Å². The van der Waals surface area contributed by atoms with E-state index in [9.17, 15) is 9.90 Å². The van der Waals surface area contributed by atoms with Crippen molar-refractivity contribution in [1.82, 2.24) is 4.90 Å². The minimum Gasteiger partial charge on any atom is -0.508 e. The molecule has 3 N–H and O–H groups in total. The van der Waals surface area contributed by atoms with E-state index in [4.69, 9.17) is 5.73 Å². The maximum atomic E-state index is 12.3. The lowest BCUT2D eigenvalue weighted by molar-refractivity contribution is -0.135. The number of hydrogen-bond acceptors (Lipinski definition) is 3. The summed E-state index contributed by atoms with van der Waals surface area (Å²) in [6.07, 6.45) is 0. The van der Waals surface area contributed by atoms with Gasteiger partial charge in [-0.15, -0.1) is 0 Å². The zero-order chi connectivity index (χ0) is 14.8. The Labute approximate surface area is 115 Å². The highest BCUT2D eigenvalue weighted by Crippen LogP contribution is 2.29. The quantitative estimate of drug-likeness (QED) is 0.880. The zero-order valence-corrected chi connectivity index (χ0v) is 12.3. The van der Waals surface area contributed by atoms with Gasteiger partial charge in [-0.25, -0.2) is 0 Å². The first kappa shape index (κ1) is 15.5. The first-order chi connectivity index (χ1) is 8.66. The Kier molecular flexibility index (Phi) is 4.58. The van der Waals surface area contributed by atoms with E-state index in [0.29, 0.717) is 0 Å². The smallest absolute Gasteiger partial charge is 0.240 e. The molecule has 0 bridgehead atoms. The molecule has 0 spiro atoms. The van der Waals surface area contributed by atoms with Crippen LogP contribution in [0.25, 0.3) is 0 Å². The topological polar surface area (TPSA) is 66.6 Å². The number of nitrogens with two attached hydrogens (primary N) is 1. The molecule has 0 aromatic heterocycles. The van der Waals surface area contributed by atoms with Gasteiger partial charge < -0.3 is 15.7 Å². The summed E-state index contributed by atoms with van der Waals surface area (Å²) in [5, 5.41) is 9.84. The molecule has 1 amide bonds. The fraction of sp³-hybridized carbons (Fsp3) is 0.533. The summed E-state index contributed by atoms with van der Waals surface area (Å²) in [5.74, 6) is 0.0715. The van der Waals surface area contributed by atoms with Gasteiger partial charge in [0.1, 0.15) is 5.75 Å². The molecule has 0 aliphatic carbocycles. The second-order valence-corrected chi connectivity index (χ2v) is 6.03. The number of carbonyl (C=O) groups excluding carboxylic acids is 1. The fourth-order valence-electron chi connectivity index (χ4n) is 1.83. The lowest BCUT2D eigenvalue weighted by Crippen LogP contribution is -2.49. The maximum Gasteiger partial charge on any atom is 0.240 e. The van der Waals surface area contributed by atoms with Crippen LogP contribution in [0.1, 0.15) is 39.3 Å². The van der Waals surface area contributed by atoms with Crippen LogP contribution in [0.15, 0.2) is 24.3 Å². The molecule has 0 radical (unpaired) electrons. The Balaban J connectivity index is 2.92. The number of benzene rings is 1. The molecule has 19 heavy (non-hydrogen) atoms. The Hall–Kier alpha value is -1.55. The number of para-hydroxylation sites is 1. The maximum absolute atomic E-state index is 12.3. The van der Waals surface area contributed by atoms with E-state index in [2.05, 4.69) is 0 Å². The van der Waals surface area contributed by atoms with Crippen LogP contribution in [0.3, 0.4) is 0 Å². The molecule has 0 heterocycles. The summed E-state index contributed by atoms with van der Waals surface area (Å²) in [7, 11) is 1.71. The predicted octanol–water partition coefficient (Wildman–Crippen LogP) is 2.29. The van der Waals surface area contributed by atoms with Crippen molar-refractivity contribution in [3.05, 3.63) is 29.8 Å². The molecule has 0 saturated carbocycles. The number of likely N-dealkylation sites (N-methyl/N-ethyl adjacent to an activating group) is 1. The SMILES string of the molecule is CC(c1ccccc1O)N(C)C(=O)[C@@H](N)C(C)(C)C. The second kappa shape index (κ2) is 5.61. The second-order valence-electron chi connectivity index (χ2n) is 6.03. The molecule has 1 rings (SSSR count). The third-order valence-electron chi connectivity index (χ3n) is 3.51. The lowest BCUT2D eigenvalue weighted by Gasteiger charge is -2.33. The molecule has 1 unspecified atom stereocenters. The van der Waals surface area contributed by atoms with Gasteiger partial charge in [-0.1, -0.05) is 39.0 Å². The summed E-state index contributed by atoms with van der Waals surface area (Å²) in [6, 6.07) is 6.25. The Morgan fingerprint density at radius 1 is 1.32 bits per heavy atom. The summed E-state index contributed by atoms with van der Waals surface area (Å²) < 4.78 is 0. The van der Waals surface area contributed by atoms with Crippen molar-refractivity contribution in [1.29, 1.82) is 0 Å².